The predicted molar refractivity (Wildman–Crippen MR) is 161 cm³/mol. The highest BCUT2D eigenvalue weighted by molar-refractivity contribution is 5.89. The topological polar surface area (TPSA) is 139 Å². The molecule has 12 heteroatoms. The number of nitrogens with one attached hydrogen (secondary N) is 2. The molecule has 1 atom stereocenters. The smallest absolute Gasteiger partial charge is 0.407 e. The molecule has 0 saturated heterocycles. The van der Waals surface area contributed by atoms with Crippen LogP contribution in [0.4, 0.5) is 9.18 Å². The van der Waals surface area contributed by atoms with E-state index in [2.05, 4.69) is 25.0 Å². The first-order chi connectivity index (χ1) is 20.3. The van der Waals surface area contributed by atoms with Crippen molar-refractivity contribution in [2.75, 3.05) is 21.2 Å². The lowest BCUT2D eigenvalue weighted by Crippen LogP contribution is -2.42. The van der Waals surface area contributed by atoms with Crippen LogP contribution < -0.4 is 10.9 Å². The quantitative estimate of drug-likeness (QED) is 0.286. The molecule has 11 nitrogen and oxygen atoms in total. The standard InChI is InChI=1S/C31H41FN6O5/c1-18(2)14-23-29-28(21(32)16-33-23)35-26(36-29)17-38-24(19(3)4)13-12-20(30(38)41)15-25(39)22(34-31(42)43-7)10-8-9-11-27(40)37(5)6/h9,11-13,16,18-19,22H,8,10,14-15,17H2,1-7H3,(H,34,42)(H,35,36)/b11-9+/t22-/m0/s1. The van der Waals surface area contributed by atoms with Crippen LogP contribution in [-0.4, -0.2) is 69.4 Å². The zero-order chi connectivity index (χ0) is 31.8. The maximum absolute atomic E-state index is 14.6. The van der Waals surface area contributed by atoms with Crippen LogP contribution >= 0.6 is 0 Å². The molecule has 0 unspecified atom stereocenters. The number of methoxy groups -OCH3 is 1. The number of alkyl carbamates (subject to hydrolysis) is 1. The Morgan fingerprint density at radius 1 is 1.19 bits per heavy atom. The summed E-state index contributed by atoms with van der Waals surface area (Å²) in [5.74, 6) is -0.467. The van der Waals surface area contributed by atoms with Gasteiger partial charge in [0.05, 0.1) is 37.1 Å². The van der Waals surface area contributed by atoms with Gasteiger partial charge in [0.15, 0.2) is 11.6 Å². The van der Waals surface area contributed by atoms with Gasteiger partial charge >= 0.3 is 6.09 Å². The van der Waals surface area contributed by atoms with Crippen molar-refractivity contribution in [2.45, 2.75) is 71.9 Å². The fourth-order valence-electron chi connectivity index (χ4n) is 4.69. The minimum absolute atomic E-state index is 0.0258. The highest BCUT2D eigenvalue weighted by Crippen LogP contribution is 2.22. The molecule has 0 spiro atoms. The maximum atomic E-state index is 14.6. The second kappa shape index (κ2) is 14.7. The van der Waals surface area contributed by atoms with Crippen molar-refractivity contribution in [2.24, 2.45) is 5.92 Å². The second-order valence-corrected chi connectivity index (χ2v) is 11.4. The number of imidazole rings is 1. The summed E-state index contributed by atoms with van der Waals surface area (Å²) in [7, 11) is 4.45. The first-order valence-corrected chi connectivity index (χ1v) is 14.3. The second-order valence-electron chi connectivity index (χ2n) is 11.4. The summed E-state index contributed by atoms with van der Waals surface area (Å²) in [4.78, 5) is 64.1. The molecular formula is C31H41FN6O5. The maximum Gasteiger partial charge on any atom is 0.407 e. The number of rotatable bonds is 13. The van der Waals surface area contributed by atoms with Crippen molar-refractivity contribution >= 4 is 28.8 Å². The van der Waals surface area contributed by atoms with E-state index in [1.54, 1.807) is 32.3 Å². The molecule has 0 aliphatic rings. The summed E-state index contributed by atoms with van der Waals surface area (Å²) < 4.78 is 20.8. The average Bonchev–Trinajstić information content (AvgIpc) is 3.38. The number of likely N-dealkylation sites (N-methyl/N-ethyl adjacent to an activating group) is 1. The minimum Gasteiger partial charge on any atom is -0.453 e. The van der Waals surface area contributed by atoms with Crippen molar-refractivity contribution in [3.05, 3.63) is 69.4 Å². The number of aromatic nitrogens is 4. The number of pyridine rings is 2. The van der Waals surface area contributed by atoms with Crippen LogP contribution in [-0.2, 0) is 33.7 Å². The fourth-order valence-corrected chi connectivity index (χ4v) is 4.69. The average molecular weight is 597 g/mol. The molecule has 0 aromatic carbocycles. The predicted octanol–water partition coefficient (Wildman–Crippen LogP) is 3.89. The van der Waals surface area contributed by atoms with Gasteiger partial charge in [0, 0.05) is 31.8 Å². The molecule has 3 rings (SSSR count). The number of carbonyl (C=O) groups excluding carboxylic acids is 3. The van der Waals surface area contributed by atoms with Crippen molar-refractivity contribution in [3.8, 4) is 0 Å². The molecule has 3 aromatic heterocycles. The van der Waals surface area contributed by atoms with E-state index < -0.39 is 18.0 Å². The van der Waals surface area contributed by atoms with E-state index >= 15 is 0 Å². The van der Waals surface area contributed by atoms with E-state index in [0.29, 0.717) is 35.8 Å². The van der Waals surface area contributed by atoms with Crippen LogP contribution in [0, 0.1) is 11.7 Å². The number of carbonyl (C=O) groups is 3. The highest BCUT2D eigenvalue weighted by Gasteiger charge is 2.23. The fraction of sp³-hybridized carbons (Fsp3) is 0.484. The number of allylic oxidation sites excluding steroid dienone is 1. The summed E-state index contributed by atoms with van der Waals surface area (Å²) in [6, 6.07) is 2.48. The van der Waals surface area contributed by atoms with Gasteiger partial charge in [-0.1, -0.05) is 39.8 Å². The van der Waals surface area contributed by atoms with Crippen molar-refractivity contribution in [3.63, 3.8) is 0 Å². The van der Waals surface area contributed by atoms with Crippen molar-refractivity contribution in [1.82, 2.24) is 29.7 Å². The molecule has 0 aliphatic carbocycles. The van der Waals surface area contributed by atoms with E-state index in [0.717, 1.165) is 11.9 Å². The lowest BCUT2D eigenvalue weighted by atomic mass is 9.99. The zero-order valence-electron chi connectivity index (χ0n) is 25.9. The summed E-state index contributed by atoms with van der Waals surface area (Å²) in [6.45, 7) is 8.03. The van der Waals surface area contributed by atoms with Crippen LogP contribution in [0.25, 0.3) is 11.0 Å². The number of hydrogen-bond acceptors (Lipinski definition) is 7. The molecule has 0 saturated carbocycles. The van der Waals surface area contributed by atoms with Crippen LogP contribution in [0.1, 0.15) is 69.2 Å². The van der Waals surface area contributed by atoms with Gasteiger partial charge in [-0.15, -0.1) is 0 Å². The third-order valence-electron chi connectivity index (χ3n) is 6.94. The van der Waals surface area contributed by atoms with Gasteiger partial charge in [-0.05, 0) is 43.2 Å². The van der Waals surface area contributed by atoms with Gasteiger partial charge in [-0.25, -0.2) is 14.2 Å². The summed E-state index contributed by atoms with van der Waals surface area (Å²) in [5, 5.41) is 2.53. The van der Waals surface area contributed by atoms with Crippen LogP contribution in [0.15, 0.2) is 35.3 Å². The molecule has 232 valence electrons. The molecule has 2 amide bonds. The Labute approximate surface area is 250 Å². The number of Topliss-reactive ketones (excluding diaryl/α,β-unsaturated/α-hetero) is 1. The van der Waals surface area contributed by atoms with Gasteiger partial charge in [0.25, 0.3) is 5.56 Å². The highest BCUT2D eigenvalue weighted by atomic mass is 19.1. The Balaban J connectivity index is 1.91. The Hall–Kier alpha value is -4.35. The number of fused-ring (bicyclic) bond motifs is 1. The number of ketones is 1. The first-order valence-electron chi connectivity index (χ1n) is 14.3. The number of H-pyrrole nitrogens is 1. The van der Waals surface area contributed by atoms with Gasteiger partial charge in [-0.2, -0.15) is 0 Å². The van der Waals surface area contributed by atoms with Crippen LogP contribution in [0.3, 0.4) is 0 Å². The van der Waals surface area contributed by atoms with Gasteiger partial charge in [-0.3, -0.25) is 19.4 Å². The van der Waals surface area contributed by atoms with E-state index in [-0.39, 0.29) is 53.6 Å². The number of halogens is 1. The summed E-state index contributed by atoms with van der Waals surface area (Å²) >= 11 is 0. The summed E-state index contributed by atoms with van der Waals surface area (Å²) in [5.41, 5.74) is 1.97. The molecule has 2 N–H and O–H groups in total. The van der Waals surface area contributed by atoms with E-state index in [1.165, 1.54) is 22.7 Å². The lowest BCUT2D eigenvalue weighted by molar-refractivity contribution is -0.123. The van der Waals surface area contributed by atoms with Crippen LogP contribution in [0.5, 0.6) is 0 Å². The van der Waals surface area contributed by atoms with E-state index in [1.807, 2.05) is 27.7 Å². The molecule has 0 fully saturated rings. The Bertz CT molecular complexity index is 1560. The van der Waals surface area contributed by atoms with Gasteiger partial charge in [0.2, 0.25) is 5.91 Å². The number of amides is 2. The number of ether oxygens (including phenoxy) is 1. The third kappa shape index (κ3) is 8.59. The van der Waals surface area contributed by atoms with Gasteiger partial charge in [0.1, 0.15) is 11.3 Å². The number of aromatic amines is 1. The van der Waals surface area contributed by atoms with E-state index in [4.69, 9.17) is 0 Å². The van der Waals surface area contributed by atoms with E-state index in [9.17, 15) is 23.6 Å². The summed E-state index contributed by atoms with van der Waals surface area (Å²) in [6.07, 6.45) is 4.37. The molecule has 0 radical (unpaired) electrons. The Kier molecular flexibility index (Phi) is 11.3. The Morgan fingerprint density at radius 3 is 2.53 bits per heavy atom. The number of nitrogens with zero attached hydrogens (tertiary/aromatic N) is 4. The normalized spacial score (nSPS) is 12.3. The number of hydrogen-bond donors (Lipinski definition) is 2. The van der Waals surface area contributed by atoms with Crippen LogP contribution in [0.2, 0.25) is 0 Å². The lowest BCUT2D eigenvalue weighted by Gasteiger charge is -2.18. The molecule has 43 heavy (non-hydrogen) atoms. The largest absolute Gasteiger partial charge is 0.453 e. The minimum atomic E-state index is -0.936. The molecule has 0 bridgehead atoms. The monoisotopic (exact) mass is 596 g/mol. The third-order valence-corrected chi connectivity index (χ3v) is 6.94. The molecule has 0 aliphatic heterocycles. The van der Waals surface area contributed by atoms with Gasteiger partial charge < -0.3 is 24.5 Å². The first kappa shape index (κ1) is 33.2. The van der Waals surface area contributed by atoms with Crippen molar-refractivity contribution < 1.29 is 23.5 Å². The molecular weight excluding hydrogens is 555 g/mol. The molecule has 3 heterocycles. The Morgan fingerprint density at radius 2 is 1.91 bits per heavy atom. The SMILES string of the molecule is COC(=O)N[C@@H](CC/C=C/C(=O)N(C)C)C(=O)Cc1ccc(C(C)C)n(Cc2nc3c(F)cnc(CC(C)C)c3[nH]2)c1=O. The zero-order valence-corrected chi connectivity index (χ0v) is 25.9. The van der Waals surface area contributed by atoms with Crippen molar-refractivity contribution in [1.29, 1.82) is 0 Å². The molecule has 3 aromatic rings.